The molecule has 0 radical (unpaired) electrons. The number of halogens is 2. The van der Waals surface area contributed by atoms with Gasteiger partial charge in [0.25, 0.3) is 0 Å². The molecule has 0 spiro atoms. The van der Waals surface area contributed by atoms with Crippen molar-refractivity contribution in [2.75, 3.05) is 5.75 Å². The van der Waals surface area contributed by atoms with Crippen LogP contribution in [0, 0.1) is 0 Å². The van der Waals surface area contributed by atoms with Crippen molar-refractivity contribution in [2.45, 2.75) is 23.9 Å². The molecule has 8 heteroatoms. The molecule has 2 aromatic rings. The van der Waals surface area contributed by atoms with Gasteiger partial charge in [0.05, 0.1) is 16.5 Å². The molecule has 1 aliphatic carbocycles. The number of hydrogen-bond acceptors (Lipinski definition) is 4. The zero-order valence-electron chi connectivity index (χ0n) is 10.8. The van der Waals surface area contributed by atoms with Gasteiger partial charge in [0.15, 0.2) is 5.16 Å². The minimum Gasteiger partial charge on any atom is -0.481 e. The summed E-state index contributed by atoms with van der Waals surface area (Å²) in [6.45, 7) is 0. The van der Waals surface area contributed by atoms with E-state index in [-0.39, 0.29) is 5.75 Å². The highest BCUT2D eigenvalue weighted by Gasteiger charge is 2.31. The normalized spacial score (nSPS) is 14.4. The van der Waals surface area contributed by atoms with Gasteiger partial charge in [-0.2, -0.15) is 0 Å². The second-order valence-corrected chi connectivity index (χ2v) is 6.99. The number of benzene rings is 1. The standard InChI is InChI=1S/C13H11BrClN3O2S/c14-8-3-4-9(15)10(5-8)18-12(7-1-2-7)16-17-13(18)21-6-11(19)20/h3-5,7H,1-2,6H2,(H,19,20). The fraction of sp³-hybridized carbons (Fsp3) is 0.308. The molecule has 1 fully saturated rings. The van der Waals surface area contributed by atoms with E-state index in [2.05, 4.69) is 26.1 Å². The van der Waals surface area contributed by atoms with Crippen LogP contribution in [0.15, 0.2) is 27.8 Å². The molecule has 0 saturated heterocycles. The Labute approximate surface area is 138 Å². The van der Waals surface area contributed by atoms with Crippen molar-refractivity contribution in [3.63, 3.8) is 0 Å². The lowest BCUT2D eigenvalue weighted by molar-refractivity contribution is -0.133. The number of rotatable bonds is 5. The Morgan fingerprint density at radius 1 is 1.48 bits per heavy atom. The van der Waals surface area contributed by atoms with E-state index in [0.29, 0.717) is 16.1 Å². The number of aromatic nitrogens is 3. The first-order chi connectivity index (χ1) is 10.1. The van der Waals surface area contributed by atoms with E-state index in [1.807, 2.05) is 16.7 Å². The van der Waals surface area contributed by atoms with Gasteiger partial charge in [0, 0.05) is 10.4 Å². The second-order valence-electron chi connectivity index (χ2n) is 4.73. The second kappa shape index (κ2) is 5.98. The molecule has 21 heavy (non-hydrogen) atoms. The fourth-order valence-electron chi connectivity index (χ4n) is 1.99. The van der Waals surface area contributed by atoms with E-state index in [9.17, 15) is 4.79 Å². The van der Waals surface area contributed by atoms with Crippen LogP contribution in [0.25, 0.3) is 5.69 Å². The summed E-state index contributed by atoms with van der Waals surface area (Å²) in [5.74, 6) is 0.284. The highest BCUT2D eigenvalue weighted by Crippen LogP contribution is 2.42. The van der Waals surface area contributed by atoms with Crippen molar-refractivity contribution in [1.82, 2.24) is 14.8 Å². The molecule has 110 valence electrons. The third-order valence-electron chi connectivity index (χ3n) is 3.07. The third-order valence-corrected chi connectivity index (χ3v) is 4.80. The molecule has 1 heterocycles. The first-order valence-electron chi connectivity index (χ1n) is 6.31. The zero-order chi connectivity index (χ0) is 15.0. The highest BCUT2D eigenvalue weighted by atomic mass is 79.9. The van der Waals surface area contributed by atoms with Crippen LogP contribution in [0.2, 0.25) is 5.02 Å². The van der Waals surface area contributed by atoms with Crippen molar-refractivity contribution in [2.24, 2.45) is 0 Å². The van der Waals surface area contributed by atoms with E-state index in [0.717, 1.165) is 40.6 Å². The molecule has 1 N–H and O–H groups in total. The maximum Gasteiger partial charge on any atom is 0.313 e. The predicted octanol–water partition coefficient (Wildman–Crippen LogP) is 3.74. The molecule has 1 saturated carbocycles. The Morgan fingerprint density at radius 2 is 2.24 bits per heavy atom. The Balaban J connectivity index is 2.07. The van der Waals surface area contributed by atoms with Gasteiger partial charge in [-0.05, 0) is 31.0 Å². The summed E-state index contributed by atoms with van der Waals surface area (Å²) in [4.78, 5) is 10.8. The number of hydrogen-bond donors (Lipinski definition) is 1. The predicted molar refractivity (Wildman–Crippen MR) is 84.4 cm³/mol. The molecule has 5 nitrogen and oxygen atoms in total. The molecule has 1 aromatic carbocycles. The first kappa shape index (κ1) is 14.9. The van der Waals surface area contributed by atoms with Crippen molar-refractivity contribution >= 4 is 45.3 Å². The van der Waals surface area contributed by atoms with Gasteiger partial charge in [-0.25, -0.2) is 0 Å². The van der Waals surface area contributed by atoms with Crippen LogP contribution in [0.1, 0.15) is 24.6 Å². The van der Waals surface area contributed by atoms with Crippen molar-refractivity contribution in [3.8, 4) is 5.69 Å². The van der Waals surface area contributed by atoms with Gasteiger partial charge in [-0.15, -0.1) is 10.2 Å². The lowest BCUT2D eigenvalue weighted by Crippen LogP contribution is -2.05. The average molecular weight is 389 g/mol. The number of carboxylic acid groups (broad SMARTS) is 1. The smallest absolute Gasteiger partial charge is 0.313 e. The highest BCUT2D eigenvalue weighted by molar-refractivity contribution is 9.10. The molecule has 1 aliphatic rings. The van der Waals surface area contributed by atoms with Gasteiger partial charge in [-0.1, -0.05) is 39.3 Å². The van der Waals surface area contributed by atoms with E-state index >= 15 is 0 Å². The maximum atomic E-state index is 10.8. The number of carboxylic acids is 1. The summed E-state index contributed by atoms with van der Waals surface area (Å²) < 4.78 is 2.77. The average Bonchev–Trinajstić information content (AvgIpc) is 3.20. The van der Waals surface area contributed by atoms with Crippen molar-refractivity contribution in [3.05, 3.63) is 33.5 Å². The van der Waals surface area contributed by atoms with Crippen LogP contribution in [-0.4, -0.2) is 31.6 Å². The number of aliphatic carboxylic acids is 1. The van der Waals surface area contributed by atoms with Gasteiger partial charge in [0.2, 0.25) is 0 Å². The fourth-order valence-corrected chi connectivity index (χ4v) is 3.21. The van der Waals surface area contributed by atoms with E-state index in [1.165, 1.54) is 0 Å². The summed E-state index contributed by atoms with van der Waals surface area (Å²) in [7, 11) is 0. The molecule has 0 atom stereocenters. The van der Waals surface area contributed by atoms with E-state index < -0.39 is 5.97 Å². The van der Waals surface area contributed by atoms with Gasteiger partial charge in [-0.3, -0.25) is 9.36 Å². The minimum atomic E-state index is -0.886. The summed E-state index contributed by atoms with van der Waals surface area (Å²) in [5.41, 5.74) is 0.769. The van der Waals surface area contributed by atoms with E-state index in [1.54, 1.807) is 6.07 Å². The minimum absolute atomic E-state index is 0.0611. The lowest BCUT2D eigenvalue weighted by atomic mass is 10.3. The molecule has 0 bridgehead atoms. The molecular formula is C13H11BrClN3O2S. The largest absolute Gasteiger partial charge is 0.481 e. The number of carbonyl (C=O) groups is 1. The molecule has 0 aliphatic heterocycles. The van der Waals surface area contributed by atoms with Crippen LogP contribution in [0.4, 0.5) is 0 Å². The monoisotopic (exact) mass is 387 g/mol. The van der Waals surface area contributed by atoms with Crippen LogP contribution in [0.5, 0.6) is 0 Å². The van der Waals surface area contributed by atoms with Gasteiger partial charge in [0.1, 0.15) is 5.82 Å². The van der Waals surface area contributed by atoms with Crippen LogP contribution < -0.4 is 0 Å². The molecular weight excluding hydrogens is 378 g/mol. The zero-order valence-corrected chi connectivity index (χ0v) is 14.0. The van der Waals surface area contributed by atoms with Crippen molar-refractivity contribution < 1.29 is 9.90 Å². The van der Waals surface area contributed by atoms with Crippen molar-refractivity contribution in [1.29, 1.82) is 0 Å². The third kappa shape index (κ3) is 3.25. The maximum absolute atomic E-state index is 10.8. The molecule has 1 aromatic heterocycles. The van der Waals surface area contributed by atoms with Crippen LogP contribution >= 0.6 is 39.3 Å². The lowest BCUT2D eigenvalue weighted by Gasteiger charge is -2.11. The summed E-state index contributed by atoms with van der Waals surface area (Å²) in [6, 6.07) is 5.54. The molecule has 0 unspecified atom stereocenters. The molecule has 0 amide bonds. The van der Waals surface area contributed by atoms with Crippen LogP contribution in [0.3, 0.4) is 0 Å². The van der Waals surface area contributed by atoms with Crippen LogP contribution in [-0.2, 0) is 4.79 Å². The Bertz CT molecular complexity index is 703. The first-order valence-corrected chi connectivity index (χ1v) is 8.47. The van der Waals surface area contributed by atoms with Gasteiger partial charge >= 0.3 is 5.97 Å². The SMILES string of the molecule is O=C(O)CSc1nnc(C2CC2)n1-c1cc(Br)ccc1Cl. The summed E-state index contributed by atoms with van der Waals surface area (Å²) in [5, 5.41) is 18.4. The number of thioether (sulfide) groups is 1. The Morgan fingerprint density at radius 3 is 2.90 bits per heavy atom. The molecule has 3 rings (SSSR count). The summed E-state index contributed by atoms with van der Waals surface area (Å²) >= 11 is 10.9. The number of nitrogens with zero attached hydrogens (tertiary/aromatic N) is 3. The summed E-state index contributed by atoms with van der Waals surface area (Å²) in [6.07, 6.45) is 2.15. The van der Waals surface area contributed by atoms with E-state index in [4.69, 9.17) is 16.7 Å². The topological polar surface area (TPSA) is 68.0 Å². The van der Waals surface area contributed by atoms with Gasteiger partial charge < -0.3 is 5.11 Å². The Hall–Kier alpha value is -1.05. The Kier molecular flexibility index (Phi) is 4.24. The quantitative estimate of drug-likeness (QED) is 0.790.